The zero-order valence-corrected chi connectivity index (χ0v) is 9.47. The first-order chi connectivity index (χ1) is 6.11. The summed E-state index contributed by atoms with van der Waals surface area (Å²) in [6, 6.07) is 0.550. The van der Waals surface area contributed by atoms with Gasteiger partial charge in [-0.1, -0.05) is 26.7 Å². The van der Waals surface area contributed by atoms with Crippen LogP contribution in [-0.2, 0) is 4.79 Å². The molecule has 78 valence electrons. The third kappa shape index (κ3) is 5.81. The molecule has 0 aliphatic carbocycles. The van der Waals surface area contributed by atoms with Gasteiger partial charge in [-0.25, -0.2) is 0 Å². The average Bonchev–Trinajstić information content (AvgIpc) is 2.09. The number of rotatable bonds is 7. The molecule has 0 radical (unpaired) electrons. The number of hydrogen-bond acceptors (Lipinski definition) is 2. The summed E-state index contributed by atoms with van der Waals surface area (Å²) in [6.45, 7) is 9.78. The van der Waals surface area contributed by atoms with E-state index in [-0.39, 0.29) is 5.78 Å². The molecular weight excluding hydrogens is 162 g/mol. The van der Waals surface area contributed by atoms with Gasteiger partial charge < -0.3 is 0 Å². The molecule has 1 unspecified atom stereocenters. The Labute approximate surface area is 82.3 Å². The van der Waals surface area contributed by atoms with E-state index in [1.807, 2.05) is 0 Å². The van der Waals surface area contributed by atoms with Crippen LogP contribution in [0, 0.1) is 0 Å². The topological polar surface area (TPSA) is 20.3 Å². The molecule has 0 aromatic carbocycles. The maximum Gasteiger partial charge on any atom is 0.143 e. The molecule has 0 aromatic heterocycles. The van der Waals surface area contributed by atoms with E-state index >= 15 is 0 Å². The number of ketones is 1. The molecule has 0 bridgehead atoms. The molecule has 0 saturated carbocycles. The van der Waals surface area contributed by atoms with Gasteiger partial charge in [0.05, 0.1) is 6.54 Å². The van der Waals surface area contributed by atoms with Gasteiger partial charge in [-0.3, -0.25) is 9.69 Å². The molecule has 0 aromatic rings. The summed E-state index contributed by atoms with van der Waals surface area (Å²) in [5, 5.41) is 0. The van der Waals surface area contributed by atoms with Gasteiger partial charge >= 0.3 is 0 Å². The van der Waals surface area contributed by atoms with E-state index < -0.39 is 0 Å². The van der Waals surface area contributed by atoms with Crippen molar-refractivity contribution in [1.29, 1.82) is 0 Å². The highest BCUT2D eigenvalue weighted by Gasteiger charge is 2.12. The molecule has 0 spiro atoms. The van der Waals surface area contributed by atoms with Crippen molar-refractivity contribution in [2.45, 2.75) is 53.0 Å². The largest absolute Gasteiger partial charge is 0.299 e. The predicted molar refractivity (Wildman–Crippen MR) is 56.9 cm³/mol. The predicted octanol–water partition coefficient (Wildman–Crippen LogP) is 2.48. The van der Waals surface area contributed by atoms with Crippen molar-refractivity contribution in [2.75, 3.05) is 13.1 Å². The maximum absolute atomic E-state index is 10.9. The van der Waals surface area contributed by atoms with Crippen LogP contribution in [-0.4, -0.2) is 29.8 Å². The number of nitrogens with zero attached hydrogens (tertiary/aromatic N) is 1. The van der Waals surface area contributed by atoms with Gasteiger partial charge in [0.2, 0.25) is 0 Å². The van der Waals surface area contributed by atoms with Crippen LogP contribution in [0.5, 0.6) is 0 Å². The van der Waals surface area contributed by atoms with E-state index in [1.165, 1.54) is 19.3 Å². The minimum absolute atomic E-state index is 0.269. The van der Waals surface area contributed by atoms with Gasteiger partial charge in [0, 0.05) is 6.04 Å². The summed E-state index contributed by atoms with van der Waals surface area (Å²) in [5.41, 5.74) is 0. The van der Waals surface area contributed by atoms with E-state index in [0.29, 0.717) is 12.6 Å². The third-order valence-electron chi connectivity index (χ3n) is 2.43. The fourth-order valence-corrected chi connectivity index (χ4v) is 1.55. The first-order valence-electron chi connectivity index (χ1n) is 5.35. The van der Waals surface area contributed by atoms with Crippen LogP contribution in [0.15, 0.2) is 0 Å². The third-order valence-corrected chi connectivity index (χ3v) is 2.43. The summed E-state index contributed by atoms with van der Waals surface area (Å²) >= 11 is 0. The van der Waals surface area contributed by atoms with Crippen LogP contribution in [0.4, 0.5) is 0 Å². The van der Waals surface area contributed by atoms with Gasteiger partial charge in [-0.05, 0) is 26.8 Å². The van der Waals surface area contributed by atoms with Crippen molar-refractivity contribution < 1.29 is 4.79 Å². The molecule has 1 atom stereocenters. The zero-order chi connectivity index (χ0) is 10.3. The fraction of sp³-hybridized carbons (Fsp3) is 0.909. The van der Waals surface area contributed by atoms with Gasteiger partial charge in [-0.15, -0.1) is 0 Å². The molecule has 0 N–H and O–H groups in total. The van der Waals surface area contributed by atoms with Crippen LogP contribution >= 0.6 is 0 Å². The first-order valence-corrected chi connectivity index (χ1v) is 5.35. The number of unbranched alkanes of at least 4 members (excludes halogenated alkanes) is 1. The van der Waals surface area contributed by atoms with Crippen molar-refractivity contribution in [3.8, 4) is 0 Å². The lowest BCUT2D eigenvalue weighted by molar-refractivity contribution is -0.118. The lowest BCUT2D eigenvalue weighted by atomic mass is 10.1. The standard InChI is InChI=1S/C11H23NO/c1-5-7-8-10(3)12(6-2)9-11(4)13/h10H,5-9H2,1-4H3. The van der Waals surface area contributed by atoms with Gasteiger partial charge in [0.1, 0.15) is 5.78 Å². The molecule has 0 aliphatic heterocycles. The van der Waals surface area contributed by atoms with Crippen molar-refractivity contribution in [2.24, 2.45) is 0 Å². The Bertz CT molecular complexity index is 145. The van der Waals surface area contributed by atoms with Crippen molar-refractivity contribution in [3.05, 3.63) is 0 Å². The fourth-order valence-electron chi connectivity index (χ4n) is 1.55. The molecule has 2 nitrogen and oxygen atoms in total. The van der Waals surface area contributed by atoms with Crippen molar-refractivity contribution in [1.82, 2.24) is 4.90 Å². The van der Waals surface area contributed by atoms with Crippen LogP contribution in [0.3, 0.4) is 0 Å². The van der Waals surface area contributed by atoms with Crippen LogP contribution in [0.1, 0.15) is 47.0 Å². The maximum atomic E-state index is 10.9. The van der Waals surface area contributed by atoms with Crippen LogP contribution in [0.2, 0.25) is 0 Å². The van der Waals surface area contributed by atoms with E-state index in [0.717, 1.165) is 6.54 Å². The van der Waals surface area contributed by atoms with Gasteiger partial charge in [0.15, 0.2) is 0 Å². The second kappa shape index (κ2) is 7.07. The molecule has 0 rings (SSSR count). The highest BCUT2D eigenvalue weighted by molar-refractivity contribution is 5.77. The van der Waals surface area contributed by atoms with E-state index in [9.17, 15) is 4.79 Å². The average molecular weight is 185 g/mol. The SMILES string of the molecule is CCCCC(C)N(CC)CC(C)=O. The van der Waals surface area contributed by atoms with E-state index in [2.05, 4.69) is 25.7 Å². The Balaban J connectivity index is 3.84. The summed E-state index contributed by atoms with van der Waals surface area (Å²) < 4.78 is 0. The number of hydrogen-bond donors (Lipinski definition) is 0. The van der Waals surface area contributed by atoms with E-state index in [4.69, 9.17) is 0 Å². The van der Waals surface area contributed by atoms with Gasteiger partial charge in [0.25, 0.3) is 0 Å². The number of likely N-dealkylation sites (N-methyl/N-ethyl adjacent to an activating group) is 1. The highest BCUT2D eigenvalue weighted by Crippen LogP contribution is 2.07. The minimum Gasteiger partial charge on any atom is -0.299 e. The summed E-state index contributed by atoms with van der Waals surface area (Å²) in [4.78, 5) is 13.2. The number of carbonyl (C=O) groups is 1. The second-order valence-corrected chi connectivity index (χ2v) is 3.76. The Morgan fingerprint density at radius 3 is 2.38 bits per heavy atom. The van der Waals surface area contributed by atoms with Crippen molar-refractivity contribution in [3.63, 3.8) is 0 Å². The monoisotopic (exact) mass is 185 g/mol. The Morgan fingerprint density at radius 2 is 2.00 bits per heavy atom. The second-order valence-electron chi connectivity index (χ2n) is 3.76. The van der Waals surface area contributed by atoms with Crippen molar-refractivity contribution >= 4 is 5.78 Å². The lowest BCUT2D eigenvalue weighted by Crippen LogP contribution is -2.36. The summed E-state index contributed by atoms with van der Waals surface area (Å²) in [6.07, 6.45) is 3.70. The number of Topliss-reactive ketones (excluding diaryl/α,β-unsaturated/α-hetero) is 1. The first kappa shape index (κ1) is 12.6. The quantitative estimate of drug-likeness (QED) is 0.607. The van der Waals surface area contributed by atoms with Crippen LogP contribution in [0.25, 0.3) is 0 Å². The molecule has 0 fully saturated rings. The lowest BCUT2D eigenvalue weighted by Gasteiger charge is -2.26. The Morgan fingerprint density at radius 1 is 1.38 bits per heavy atom. The molecule has 0 heterocycles. The Kier molecular flexibility index (Phi) is 6.87. The number of carbonyl (C=O) groups excluding carboxylic acids is 1. The smallest absolute Gasteiger partial charge is 0.143 e. The molecule has 0 saturated heterocycles. The summed E-state index contributed by atoms with van der Waals surface area (Å²) in [5.74, 6) is 0.269. The summed E-state index contributed by atoms with van der Waals surface area (Å²) in [7, 11) is 0. The molecule has 13 heavy (non-hydrogen) atoms. The molecular formula is C11H23NO. The highest BCUT2D eigenvalue weighted by atomic mass is 16.1. The molecule has 2 heteroatoms. The van der Waals surface area contributed by atoms with E-state index in [1.54, 1.807) is 6.92 Å². The minimum atomic E-state index is 0.269. The molecule has 0 amide bonds. The normalized spacial score (nSPS) is 13.3. The van der Waals surface area contributed by atoms with Crippen LogP contribution < -0.4 is 0 Å². The van der Waals surface area contributed by atoms with Gasteiger partial charge in [-0.2, -0.15) is 0 Å². The Hall–Kier alpha value is -0.370. The molecule has 0 aliphatic rings. The zero-order valence-electron chi connectivity index (χ0n) is 9.47.